The molecule has 0 aromatic heterocycles. The predicted octanol–water partition coefficient (Wildman–Crippen LogP) is 2.89. The second-order valence-corrected chi connectivity index (χ2v) is 4.63. The number of carbonyl (C=O) groups excluding carboxylic acids is 2. The quantitative estimate of drug-likeness (QED) is 0.576. The molecule has 0 N–H and O–H groups in total. The normalized spacial score (nSPS) is 16.7. The molecule has 0 atom stereocenters. The summed E-state index contributed by atoms with van der Waals surface area (Å²) in [5.74, 6) is 0.224. The molecule has 2 heteroatoms. The van der Waals surface area contributed by atoms with E-state index in [-0.39, 0.29) is 11.6 Å². The SMILES string of the molecule is CC(=O)/C=C1\CCc2cc(C(C)=O)ccc2C1. The van der Waals surface area contributed by atoms with E-state index in [9.17, 15) is 9.59 Å². The Morgan fingerprint density at radius 1 is 1.12 bits per heavy atom. The fraction of sp³-hybridized carbons (Fsp3) is 0.333. The summed E-state index contributed by atoms with van der Waals surface area (Å²) >= 11 is 0. The summed E-state index contributed by atoms with van der Waals surface area (Å²) in [5.41, 5.74) is 4.47. The van der Waals surface area contributed by atoms with Crippen molar-refractivity contribution in [3.63, 3.8) is 0 Å². The van der Waals surface area contributed by atoms with Crippen LogP contribution in [0.3, 0.4) is 0 Å². The van der Waals surface area contributed by atoms with Crippen LogP contribution in [0, 0.1) is 0 Å². The molecule has 0 aliphatic heterocycles. The summed E-state index contributed by atoms with van der Waals surface area (Å²) < 4.78 is 0. The topological polar surface area (TPSA) is 34.1 Å². The zero-order valence-electron chi connectivity index (χ0n) is 10.2. The Morgan fingerprint density at radius 2 is 1.88 bits per heavy atom. The van der Waals surface area contributed by atoms with E-state index < -0.39 is 0 Å². The molecule has 17 heavy (non-hydrogen) atoms. The highest BCUT2D eigenvalue weighted by Gasteiger charge is 2.14. The standard InChI is InChI=1S/C15H16O2/c1-10(16)7-12-3-4-15-9-13(11(2)17)5-6-14(15)8-12/h5-7,9H,3-4,8H2,1-2H3/b12-7+. The Labute approximate surface area is 101 Å². The lowest BCUT2D eigenvalue weighted by Crippen LogP contribution is -2.08. The first-order valence-electron chi connectivity index (χ1n) is 5.89. The van der Waals surface area contributed by atoms with Crippen molar-refractivity contribution in [2.75, 3.05) is 0 Å². The molecular formula is C15H16O2. The number of Topliss-reactive ketones (excluding diaryl/α,β-unsaturated/α-hetero) is 1. The van der Waals surface area contributed by atoms with Crippen molar-refractivity contribution in [3.8, 4) is 0 Å². The molecule has 2 rings (SSSR count). The van der Waals surface area contributed by atoms with E-state index in [1.54, 1.807) is 19.9 Å². The van der Waals surface area contributed by atoms with Crippen LogP contribution in [0.5, 0.6) is 0 Å². The van der Waals surface area contributed by atoms with E-state index in [2.05, 4.69) is 0 Å². The Morgan fingerprint density at radius 3 is 2.53 bits per heavy atom. The number of aryl methyl sites for hydroxylation is 1. The first kappa shape index (κ1) is 11.8. The molecule has 88 valence electrons. The van der Waals surface area contributed by atoms with E-state index in [0.717, 1.165) is 24.8 Å². The summed E-state index contributed by atoms with van der Waals surface area (Å²) in [6, 6.07) is 5.87. The van der Waals surface area contributed by atoms with Gasteiger partial charge in [0.05, 0.1) is 0 Å². The van der Waals surface area contributed by atoms with Gasteiger partial charge in [0.25, 0.3) is 0 Å². The van der Waals surface area contributed by atoms with Gasteiger partial charge in [-0.25, -0.2) is 0 Å². The van der Waals surface area contributed by atoms with Crippen molar-refractivity contribution in [2.45, 2.75) is 33.1 Å². The largest absolute Gasteiger partial charge is 0.295 e. The van der Waals surface area contributed by atoms with E-state index >= 15 is 0 Å². The Kier molecular flexibility index (Phi) is 3.23. The molecule has 0 saturated heterocycles. The number of carbonyl (C=O) groups is 2. The van der Waals surface area contributed by atoms with Gasteiger partial charge in [0.15, 0.2) is 11.6 Å². The van der Waals surface area contributed by atoms with Crippen molar-refractivity contribution >= 4 is 11.6 Å². The molecule has 0 fully saturated rings. The molecule has 1 aromatic carbocycles. The summed E-state index contributed by atoms with van der Waals surface area (Å²) in [6.07, 6.45) is 4.43. The maximum Gasteiger partial charge on any atom is 0.159 e. The smallest absolute Gasteiger partial charge is 0.159 e. The molecule has 0 heterocycles. The fourth-order valence-electron chi connectivity index (χ4n) is 2.29. The minimum Gasteiger partial charge on any atom is -0.295 e. The zero-order chi connectivity index (χ0) is 12.4. The van der Waals surface area contributed by atoms with Crippen LogP contribution in [0.15, 0.2) is 29.8 Å². The average Bonchev–Trinajstić information content (AvgIpc) is 2.27. The van der Waals surface area contributed by atoms with E-state index in [1.807, 2.05) is 18.2 Å². The van der Waals surface area contributed by atoms with Crippen LogP contribution in [-0.2, 0) is 17.6 Å². The number of benzene rings is 1. The Bertz CT molecular complexity index is 510. The second-order valence-electron chi connectivity index (χ2n) is 4.63. The summed E-state index contributed by atoms with van der Waals surface area (Å²) in [5, 5.41) is 0. The van der Waals surface area contributed by atoms with Gasteiger partial charge >= 0.3 is 0 Å². The fourth-order valence-corrected chi connectivity index (χ4v) is 2.29. The third-order valence-corrected chi connectivity index (χ3v) is 3.15. The first-order valence-corrected chi connectivity index (χ1v) is 5.89. The Hall–Kier alpha value is -1.70. The van der Waals surface area contributed by atoms with Crippen LogP contribution >= 0.6 is 0 Å². The molecule has 0 radical (unpaired) electrons. The van der Waals surface area contributed by atoms with Crippen molar-refractivity contribution in [3.05, 3.63) is 46.5 Å². The highest BCUT2D eigenvalue weighted by molar-refractivity contribution is 5.94. The highest BCUT2D eigenvalue weighted by atomic mass is 16.1. The van der Waals surface area contributed by atoms with Gasteiger partial charge in [-0.3, -0.25) is 9.59 Å². The third-order valence-electron chi connectivity index (χ3n) is 3.15. The van der Waals surface area contributed by atoms with Gasteiger partial charge in [-0.05, 0) is 56.4 Å². The van der Waals surface area contributed by atoms with Crippen molar-refractivity contribution in [1.29, 1.82) is 0 Å². The number of allylic oxidation sites excluding steroid dienone is 2. The van der Waals surface area contributed by atoms with Crippen LogP contribution in [0.2, 0.25) is 0 Å². The van der Waals surface area contributed by atoms with Crippen molar-refractivity contribution in [2.24, 2.45) is 0 Å². The molecule has 1 aliphatic rings. The Balaban J connectivity index is 2.29. The van der Waals surface area contributed by atoms with Gasteiger partial charge < -0.3 is 0 Å². The van der Waals surface area contributed by atoms with Crippen LogP contribution in [0.4, 0.5) is 0 Å². The van der Waals surface area contributed by atoms with Crippen molar-refractivity contribution < 1.29 is 9.59 Å². The molecular weight excluding hydrogens is 212 g/mol. The van der Waals surface area contributed by atoms with Crippen LogP contribution in [0.1, 0.15) is 41.8 Å². The van der Waals surface area contributed by atoms with E-state index in [0.29, 0.717) is 0 Å². The second kappa shape index (κ2) is 4.66. The predicted molar refractivity (Wildman–Crippen MR) is 67.2 cm³/mol. The molecule has 0 spiro atoms. The monoisotopic (exact) mass is 228 g/mol. The molecule has 0 unspecified atom stereocenters. The van der Waals surface area contributed by atoms with E-state index in [4.69, 9.17) is 0 Å². The third kappa shape index (κ3) is 2.70. The lowest BCUT2D eigenvalue weighted by atomic mass is 9.86. The van der Waals surface area contributed by atoms with E-state index in [1.165, 1.54) is 16.7 Å². The maximum atomic E-state index is 11.3. The van der Waals surface area contributed by atoms with Gasteiger partial charge in [-0.2, -0.15) is 0 Å². The van der Waals surface area contributed by atoms with Gasteiger partial charge in [-0.15, -0.1) is 0 Å². The number of ketones is 2. The first-order chi connectivity index (χ1) is 8.06. The average molecular weight is 228 g/mol. The van der Waals surface area contributed by atoms with Crippen molar-refractivity contribution in [1.82, 2.24) is 0 Å². The number of rotatable bonds is 2. The number of fused-ring (bicyclic) bond motifs is 1. The maximum absolute atomic E-state index is 11.3. The van der Waals surface area contributed by atoms with Gasteiger partial charge in [0.1, 0.15) is 0 Å². The molecule has 0 saturated carbocycles. The summed E-state index contributed by atoms with van der Waals surface area (Å²) in [7, 11) is 0. The molecule has 0 amide bonds. The summed E-state index contributed by atoms with van der Waals surface area (Å²) in [4.78, 5) is 22.3. The molecule has 1 aliphatic carbocycles. The lowest BCUT2D eigenvalue weighted by Gasteiger charge is -2.19. The minimum atomic E-state index is 0.109. The lowest BCUT2D eigenvalue weighted by molar-refractivity contribution is -0.112. The van der Waals surface area contributed by atoms with Gasteiger partial charge in [0, 0.05) is 5.56 Å². The number of hydrogen-bond acceptors (Lipinski definition) is 2. The summed E-state index contributed by atoms with van der Waals surface area (Å²) in [6.45, 7) is 3.17. The van der Waals surface area contributed by atoms with Gasteiger partial charge in [0.2, 0.25) is 0 Å². The molecule has 2 nitrogen and oxygen atoms in total. The minimum absolute atomic E-state index is 0.109. The zero-order valence-corrected chi connectivity index (χ0v) is 10.2. The van der Waals surface area contributed by atoms with Crippen LogP contribution in [-0.4, -0.2) is 11.6 Å². The highest BCUT2D eigenvalue weighted by Crippen LogP contribution is 2.26. The van der Waals surface area contributed by atoms with Crippen LogP contribution < -0.4 is 0 Å². The number of hydrogen-bond donors (Lipinski definition) is 0. The molecule has 0 bridgehead atoms. The van der Waals surface area contributed by atoms with Crippen LogP contribution in [0.25, 0.3) is 0 Å². The van der Waals surface area contributed by atoms with Gasteiger partial charge in [-0.1, -0.05) is 17.7 Å². The molecule has 1 aromatic rings.